The molecule has 0 atom stereocenters. The van der Waals surface area contributed by atoms with E-state index in [0.717, 1.165) is 29.0 Å². The summed E-state index contributed by atoms with van der Waals surface area (Å²) in [6, 6.07) is 9.17. The van der Waals surface area contributed by atoms with Crippen LogP contribution in [-0.4, -0.2) is 10.2 Å². The number of hydrogen-bond donors (Lipinski definition) is 2. The minimum Gasteiger partial charge on any atom is -0.459 e. The lowest BCUT2D eigenvalue weighted by Gasteiger charge is -2.04. The van der Waals surface area contributed by atoms with E-state index in [4.69, 9.17) is 33.4 Å². The number of aromatic amines is 1. The molecule has 3 N–H and O–H groups in total. The maximum absolute atomic E-state index is 6.08. The molecule has 21 heavy (non-hydrogen) atoms. The van der Waals surface area contributed by atoms with Crippen molar-refractivity contribution in [2.24, 2.45) is 0 Å². The summed E-state index contributed by atoms with van der Waals surface area (Å²) in [6.45, 7) is 2.03. The highest BCUT2D eigenvalue weighted by Crippen LogP contribution is 2.37. The summed E-state index contributed by atoms with van der Waals surface area (Å²) in [4.78, 5) is 0. The highest BCUT2D eigenvalue weighted by molar-refractivity contribution is 6.42. The molecule has 4 nitrogen and oxygen atoms in total. The van der Waals surface area contributed by atoms with Gasteiger partial charge in [0, 0.05) is 6.42 Å². The number of hydrogen-bond acceptors (Lipinski definition) is 3. The van der Waals surface area contributed by atoms with Gasteiger partial charge in [0.05, 0.1) is 15.6 Å². The monoisotopic (exact) mass is 321 g/mol. The Morgan fingerprint density at radius 1 is 1.19 bits per heavy atom. The van der Waals surface area contributed by atoms with Gasteiger partial charge in [0.25, 0.3) is 0 Å². The normalized spacial score (nSPS) is 11.0. The molecule has 0 aliphatic heterocycles. The molecular weight excluding hydrogens is 309 g/mol. The Morgan fingerprint density at radius 2 is 2.00 bits per heavy atom. The maximum Gasteiger partial charge on any atom is 0.153 e. The molecule has 1 aromatic carbocycles. The lowest BCUT2D eigenvalue weighted by atomic mass is 10.0. The van der Waals surface area contributed by atoms with Crippen LogP contribution in [0, 0.1) is 0 Å². The zero-order valence-electron chi connectivity index (χ0n) is 11.3. The van der Waals surface area contributed by atoms with Crippen molar-refractivity contribution >= 4 is 29.0 Å². The lowest BCUT2D eigenvalue weighted by Crippen LogP contribution is -1.88. The number of nitrogens with one attached hydrogen (secondary N) is 1. The first-order valence-electron chi connectivity index (χ1n) is 6.48. The summed E-state index contributed by atoms with van der Waals surface area (Å²) in [5.74, 6) is 1.98. The summed E-state index contributed by atoms with van der Waals surface area (Å²) in [5, 5.41) is 7.95. The molecule has 3 aromatic rings. The number of halogens is 2. The molecule has 0 saturated heterocycles. The number of benzene rings is 1. The Kier molecular flexibility index (Phi) is 3.66. The Balaban J connectivity index is 2.14. The summed E-state index contributed by atoms with van der Waals surface area (Å²) < 4.78 is 5.76. The Hall–Kier alpha value is -1.91. The summed E-state index contributed by atoms with van der Waals surface area (Å²) >= 11 is 12.0. The molecule has 0 amide bonds. The van der Waals surface area contributed by atoms with Crippen molar-refractivity contribution in [3.8, 4) is 22.6 Å². The first-order chi connectivity index (χ1) is 10.1. The maximum atomic E-state index is 6.08. The van der Waals surface area contributed by atoms with E-state index in [0.29, 0.717) is 21.6 Å². The second-order valence-corrected chi connectivity index (χ2v) is 5.42. The number of anilines is 1. The molecule has 108 valence electrons. The van der Waals surface area contributed by atoms with Crippen LogP contribution in [0.3, 0.4) is 0 Å². The fourth-order valence-electron chi connectivity index (χ4n) is 2.18. The molecule has 0 aliphatic rings. The standard InChI is InChI=1S/C15H13Cl2N3O/c1-2-9-4-6-12(21-9)14-13(15(18)20-19-14)8-3-5-10(16)11(17)7-8/h3-7H,2H2,1H3,(H3,18,19,20). The smallest absolute Gasteiger partial charge is 0.153 e. The van der Waals surface area contributed by atoms with Crippen LogP contribution in [0.2, 0.25) is 10.0 Å². The molecule has 0 fully saturated rings. The van der Waals surface area contributed by atoms with Gasteiger partial charge in [-0.1, -0.05) is 36.2 Å². The summed E-state index contributed by atoms with van der Waals surface area (Å²) in [5.41, 5.74) is 8.29. The Morgan fingerprint density at radius 3 is 2.67 bits per heavy atom. The average molecular weight is 322 g/mol. The van der Waals surface area contributed by atoms with Crippen molar-refractivity contribution in [3.63, 3.8) is 0 Å². The number of furan rings is 1. The van der Waals surface area contributed by atoms with Gasteiger partial charge in [-0.3, -0.25) is 5.10 Å². The highest BCUT2D eigenvalue weighted by atomic mass is 35.5. The van der Waals surface area contributed by atoms with Crippen molar-refractivity contribution in [3.05, 3.63) is 46.1 Å². The SMILES string of the molecule is CCc1ccc(-c2[nH]nc(N)c2-c2ccc(Cl)c(Cl)c2)o1. The third-order valence-corrected chi connectivity index (χ3v) is 4.00. The molecule has 0 unspecified atom stereocenters. The van der Waals surface area contributed by atoms with Crippen LogP contribution in [0.4, 0.5) is 5.82 Å². The van der Waals surface area contributed by atoms with Crippen LogP contribution in [0.25, 0.3) is 22.6 Å². The quantitative estimate of drug-likeness (QED) is 0.728. The van der Waals surface area contributed by atoms with Crippen LogP contribution < -0.4 is 5.73 Å². The lowest BCUT2D eigenvalue weighted by molar-refractivity contribution is 0.527. The largest absolute Gasteiger partial charge is 0.459 e. The van der Waals surface area contributed by atoms with Gasteiger partial charge in [0.15, 0.2) is 11.6 Å². The predicted molar refractivity (Wildman–Crippen MR) is 85.5 cm³/mol. The van der Waals surface area contributed by atoms with Gasteiger partial charge < -0.3 is 10.2 Å². The van der Waals surface area contributed by atoms with Crippen molar-refractivity contribution < 1.29 is 4.42 Å². The number of aryl methyl sites for hydroxylation is 1. The third kappa shape index (κ3) is 2.52. The number of H-pyrrole nitrogens is 1. The number of nitrogens with two attached hydrogens (primary N) is 1. The molecule has 0 spiro atoms. The summed E-state index contributed by atoms with van der Waals surface area (Å²) in [6.07, 6.45) is 0.825. The number of aromatic nitrogens is 2. The number of nitrogen functional groups attached to an aromatic ring is 1. The average Bonchev–Trinajstić information content (AvgIpc) is 3.08. The van der Waals surface area contributed by atoms with Crippen LogP contribution in [0.1, 0.15) is 12.7 Å². The predicted octanol–water partition coefficient (Wildman–Crippen LogP) is 4.79. The van der Waals surface area contributed by atoms with Crippen molar-refractivity contribution in [2.75, 3.05) is 5.73 Å². The zero-order valence-corrected chi connectivity index (χ0v) is 12.8. The molecule has 3 rings (SSSR count). The Labute approximate surface area is 131 Å². The van der Waals surface area contributed by atoms with E-state index in [1.807, 2.05) is 25.1 Å². The molecule has 0 radical (unpaired) electrons. The van der Waals surface area contributed by atoms with Crippen LogP contribution >= 0.6 is 23.2 Å². The van der Waals surface area contributed by atoms with E-state index in [9.17, 15) is 0 Å². The van der Waals surface area contributed by atoms with Gasteiger partial charge in [-0.15, -0.1) is 0 Å². The molecular formula is C15H13Cl2N3O. The van der Waals surface area contributed by atoms with Gasteiger partial charge in [-0.2, -0.15) is 5.10 Å². The fourth-order valence-corrected chi connectivity index (χ4v) is 2.48. The first kappa shape index (κ1) is 14.0. The van der Waals surface area contributed by atoms with Crippen LogP contribution in [0.15, 0.2) is 34.7 Å². The van der Waals surface area contributed by atoms with Gasteiger partial charge in [-0.05, 0) is 29.8 Å². The van der Waals surface area contributed by atoms with Gasteiger partial charge in [0.1, 0.15) is 11.5 Å². The molecule has 2 aromatic heterocycles. The van der Waals surface area contributed by atoms with E-state index < -0.39 is 0 Å². The fraction of sp³-hybridized carbons (Fsp3) is 0.133. The minimum atomic E-state index is 0.387. The van der Waals surface area contributed by atoms with E-state index >= 15 is 0 Å². The Bertz CT molecular complexity index is 792. The zero-order chi connectivity index (χ0) is 15.0. The third-order valence-electron chi connectivity index (χ3n) is 3.26. The molecule has 0 aliphatic carbocycles. The van der Waals surface area contributed by atoms with E-state index in [1.54, 1.807) is 12.1 Å². The second-order valence-electron chi connectivity index (χ2n) is 4.61. The van der Waals surface area contributed by atoms with E-state index in [1.165, 1.54) is 0 Å². The van der Waals surface area contributed by atoms with E-state index in [-0.39, 0.29) is 0 Å². The minimum absolute atomic E-state index is 0.387. The highest BCUT2D eigenvalue weighted by Gasteiger charge is 2.18. The van der Waals surface area contributed by atoms with Crippen LogP contribution in [0.5, 0.6) is 0 Å². The van der Waals surface area contributed by atoms with Crippen molar-refractivity contribution in [2.45, 2.75) is 13.3 Å². The van der Waals surface area contributed by atoms with Crippen molar-refractivity contribution in [1.29, 1.82) is 0 Å². The van der Waals surface area contributed by atoms with Gasteiger partial charge in [0.2, 0.25) is 0 Å². The van der Waals surface area contributed by atoms with Crippen molar-refractivity contribution in [1.82, 2.24) is 10.2 Å². The van der Waals surface area contributed by atoms with E-state index in [2.05, 4.69) is 10.2 Å². The summed E-state index contributed by atoms with van der Waals surface area (Å²) in [7, 11) is 0. The van der Waals surface area contributed by atoms with Crippen LogP contribution in [-0.2, 0) is 6.42 Å². The van der Waals surface area contributed by atoms with Gasteiger partial charge >= 0.3 is 0 Å². The second kappa shape index (κ2) is 5.47. The molecule has 0 saturated carbocycles. The topological polar surface area (TPSA) is 67.8 Å². The molecule has 0 bridgehead atoms. The molecule has 2 heterocycles. The number of nitrogens with zero attached hydrogens (tertiary/aromatic N) is 1. The van der Waals surface area contributed by atoms with Gasteiger partial charge in [-0.25, -0.2) is 0 Å². The number of rotatable bonds is 3. The first-order valence-corrected chi connectivity index (χ1v) is 7.24. The molecule has 6 heteroatoms.